The summed E-state index contributed by atoms with van der Waals surface area (Å²) in [5.74, 6) is 0.579. The summed E-state index contributed by atoms with van der Waals surface area (Å²) in [5, 5.41) is 3.69. The first-order valence-corrected chi connectivity index (χ1v) is 3.48. The Morgan fingerprint density at radius 2 is 1.85 bits per heavy atom. The van der Waals surface area contributed by atoms with Gasteiger partial charge in [0.1, 0.15) is 0 Å². The summed E-state index contributed by atoms with van der Waals surface area (Å²) >= 11 is 0. The molecule has 0 aliphatic rings. The maximum absolute atomic E-state index is 5.52. The van der Waals surface area contributed by atoms with E-state index in [1.54, 1.807) is 12.1 Å². The van der Waals surface area contributed by atoms with Crippen LogP contribution in [0.3, 0.4) is 0 Å². The second kappa shape index (κ2) is 3.91. The molecule has 2 aromatic rings. The Kier molecular flexibility index (Phi) is 2.87. The molecular formula is C8H8ClN3O. The van der Waals surface area contributed by atoms with Gasteiger partial charge in [0.25, 0.3) is 0 Å². The van der Waals surface area contributed by atoms with Crippen LogP contribution in [-0.2, 0) is 0 Å². The lowest BCUT2D eigenvalue weighted by atomic mass is 10.2. The summed E-state index contributed by atoms with van der Waals surface area (Å²) in [7, 11) is 0. The Hall–Kier alpha value is -1.55. The molecule has 0 aliphatic heterocycles. The molecule has 1 heterocycles. The highest BCUT2D eigenvalue weighted by Gasteiger charge is 2.00. The molecule has 0 saturated carbocycles. The average molecular weight is 198 g/mol. The van der Waals surface area contributed by atoms with Gasteiger partial charge in [-0.15, -0.1) is 12.4 Å². The van der Waals surface area contributed by atoms with Gasteiger partial charge in [-0.3, -0.25) is 0 Å². The van der Waals surface area contributed by atoms with Gasteiger partial charge >= 0.3 is 0 Å². The van der Waals surface area contributed by atoms with Gasteiger partial charge in [-0.1, -0.05) is 5.16 Å². The standard InChI is InChI=1S/C8H7N3O.ClH/c9-7-3-1-6(2-4-7)8-10-5-12-11-8;/h1-5H,9H2;1H. The SMILES string of the molecule is Cl.Nc1ccc(-c2ncon2)cc1. The Morgan fingerprint density at radius 1 is 1.15 bits per heavy atom. The monoisotopic (exact) mass is 197 g/mol. The third-order valence-electron chi connectivity index (χ3n) is 1.53. The molecule has 2 N–H and O–H groups in total. The van der Waals surface area contributed by atoms with Crippen molar-refractivity contribution < 1.29 is 4.52 Å². The fraction of sp³-hybridized carbons (Fsp3) is 0. The Bertz CT molecular complexity index is 357. The average Bonchev–Trinajstić information content (AvgIpc) is 2.58. The largest absolute Gasteiger partial charge is 0.399 e. The van der Waals surface area contributed by atoms with Gasteiger partial charge in [0.2, 0.25) is 12.2 Å². The van der Waals surface area contributed by atoms with Crippen LogP contribution in [0.2, 0.25) is 0 Å². The van der Waals surface area contributed by atoms with Crippen LogP contribution in [0, 0.1) is 0 Å². The second-order valence-corrected chi connectivity index (χ2v) is 2.38. The van der Waals surface area contributed by atoms with Crippen molar-refractivity contribution >= 4 is 18.1 Å². The van der Waals surface area contributed by atoms with E-state index in [4.69, 9.17) is 5.73 Å². The van der Waals surface area contributed by atoms with Gasteiger partial charge in [-0.25, -0.2) is 0 Å². The van der Waals surface area contributed by atoms with Gasteiger partial charge in [-0.2, -0.15) is 4.98 Å². The van der Waals surface area contributed by atoms with E-state index in [2.05, 4.69) is 14.7 Å². The van der Waals surface area contributed by atoms with E-state index in [0.717, 1.165) is 11.3 Å². The number of benzene rings is 1. The highest BCUT2D eigenvalue weighted by Crippen LogP contribution is 2.15. The van der Waals surface area contributed by atoms with Crippen LogP contribution in [-0.4, -0.2) is 10.1 Å². The van der Waals surface area contributed by atoms with Crippen molar-refractivity contribution in [2.45, 2.75) is 0 Å². The van der Waals surface area contributed by atoms with E-state index in [-0.39, 0.29) is 12.4 Å². The zero-order chi connectivity index (χ0) is 8.39. The van der Waals surface area contributed by atoms with Crippen LogP contribution in [0.15, 0.2) is 35.2 Å². The van der Waals surface area contributed by atoms with Gasteiger partial charge in [-0.05, 0) is 24.3 Å². The van der Waals surface area contributed by atoms with Crippen molar-refractivity contribution in [3.05, 3.63) is 30.7 Å². The third kappa shape index (κ3) is 1.97. The molecule has 0 radical (unpaired) electrons. The normalized spacial score (nSPS) is 9.23. The van der Waals surface area contributed by atoms with Gasteiger partial charge < -0.3 is 10.3 Å². The van der Waals surface area contributed by atoms with E-state index in [9.17, 15) is 0 Å². The highest BCUT2D eigenvalue weighted by atomic mass is 35.5. The van der Waals surface area contributed by atoms with Crippen molar-refractivity contribution in [2.75, 3.05) is 5.73 Å². The molecule has 0 fully saturated rings. The maximum atomic E-state index is 5.52. The lowest BCUT2D eigenvalue weighted by Gasteiger charge is -1.93. The first kappa shape index (κ1) is 9.54. The topological polar surface area (TPSA) is 64.9 Å². The number of rotatable bonds is 1. The Labute approximate surface area is 81.2 Å². The molecular weight excluding hydrogens is 190 g/mol. The molecule has 0 unspecified atom stereocenters. The van der Waals surface area contributed by atoms with Crippen molar-refractivity contribution in [1.29, 1.82) is 0 Å². The summed E-state index contributed by atoms with van der Waals surface area (Å²) in [4.78, 5) is 3.90. The van der Waals surface area contributed by atoms with E-state index >= 15 is 0 Å². The number of nitrogens with two attached hydrogens (primary N) is 1. The minimum atomic E-state index is 0. The summed E-state index contributed by atoms with van der Waals surface area (Å²) in [6.07, 6.45) is 1.30. The van der Waals surface area contributed by atoms with Crippen LogP contribution in [0.5, 0.6) is 0 Å². The Morgan fingerprint density at radius 3 is 2.38 bits per heavy atom. The van der Waals surface area contributed by atoms with Crippen molar-refractivity contribution in [2.24, 2.45) is 0 Å². The van der Waals surface area contributed by atoms with Crippen LogP contribution in [0.4, 0.5) is 5.69 Å². The molecule has 4 nitrogen and oxygen atoms in total. The molecule has 0 aliphatic carbocycles. The molecule has 2 rings (SSSR count). The fourth-order valence-electron chi connectivity index (χ4n) is 0.930. The molecule has 0 bridgehead atoms. The highest BCUT2D eigenvalue weighted by molar-refractivity contribution is 5.85. The minimum absolute atomic E-state index is 0. The van der Waals surface area contributed by atoms with Crippen LogP contribution < -0.4 is 5.73 Å². The third-order valence-corrected chi connectivity index (χ3v) is 1.53. The quantitative estimate of drug-likeness (QED) is 0.708. The van der Waals surface area contributed by atoms with Crippen molar-refractivity contribution in [3.63, 3.8) is 0 Å². The first-order valence-electron chi connectivity index (χ1n) is 3.48. The smallest absolute Gasteiger partial charge is 0.214 e. The zero-order valence-corrected chi connectivity index (χ0v) is 7.49. The lowest BCUT2D eigenvalue weighted by Crippen LogP contribution is -1.84. The molecule has 0 atom stereocenters. The number of nitrogens with zero attached hydrogens (tertiary/aromatic N) is 2. The van der Waals surface area contributed by atoms with E-state index in [1.807, 2.05) is 12.1 Å². The fourth-order valence-corrected chi connectivity index (χ4v) is 0.930. The number of aromatic nitrogens is 2. The van der Waals surface area contributed by atoms with E-state index < -0.39 is 0 Å². The maximum Gasteiger partial charge on any atom is 0.214 e. The second-order valence-electron chi connectivity index (χ2n) is 2.38. The summed E-state index contributed by atoms with van der Waals surface area (Å²) in [5.41, 5.74) is 7.14. The number of nitrogen functional groups attached to an aromatic ring is 1. The van der Waals surface area contributed by atoms with E-state index in [0.29, 0.717) is 5.82 Å². The Balaban J connectivity index is 0.000000845. The number of anilines is 1. The summed E-state index contributed by atoms with van der Waals surface area (Å²) in [6.45, 7) is 0. The molecule has 0 saturated heterocycles. The predicted molar refractivity (Wildman–Crippen MR) is 51.4 cm³/mol. The van der Waals surface area contributed by atoms with Crippen molar-refractivity contribution in [1.82, 2.24) is 10.1 Å². The molecule has 1 aromatic carbocycles. The predicted octanol–water partition coefficient (Wildman–Crippen LogP) is 1.74. The van der Waals surface area contributed by atoms with E-state index in [1.165, 1.54) is 6.39 Å². The first-order chi connectivity index (χ1) is 5.86. The van der Waals surface area contributed by atoms with Gasteiger partial charge in [0.05, 0.1) is 0 Å². The molecule has 68 valence electrons. The molecule has 13 heavy (non-hydrogen) atoms. The van der Waals surface area contributed by atoms with Crippen LogP contribution in [0.25, 0.3) is 11.4 Å². The van der Waals surface area contributed by atoms with Crippen LogP contribution in [0.1, 0.15) is 0 Å². The number of halogens is 1. The van der Waals surface area contributed by atoms with Crippen molar-refractivity contribution in [3.8, 4) is 11.4 Å². The molecule has 0 spiro atoms. The minimum Gasteiger partial charge on any atom is -0.399 e. The molecule has 1 aromatic heterocycles. The van der Waals surface area contributed by atoms with Gasteiger partial charge in [0, 0.05) is 11.3 Å². The van der Waals surface area contributed by atoms with Crippen LogP contribution >= 0.6 is 12.4 Å². The summed E-state index contributed by atoms with van der Waals surface area (Å²) < 4.78 is 4.61. The summed E-state index contributed by atoms with van der Waals surface area (Å²) in [6, 6.07) is 7.29. The number of hydrogen-bond donors (Lipinski definition) is 1. The number of hydrogen-bond acceptors (Lipinski definition) is 4. The lowest BCUT2D eigenvalue weighted by molar-refractivity contribution is 0.419. The zero-order valence-electron chi connectivity index (χ0n) is 6.68. The molecule has 5 heteroatoms. The van der Waals surface area contributed by atoms with Gasteiger partial charge in [0.15, 0.2) is 0 Å². The molecule has 0 amide bonds.